The minimum absolute atomic E-state index is 0.00585. The Hall–Kier alpha value is -4.80. The van der Waals surface area contributed by atoms with Crippen LogP contribution < -0.4 is 20.1 Å². The number of aliphatic hydroxyl groups is 6. The van der Waals surface area contributed by atoms with E-state index in [1.165, 1.54) is 52.1 Å². The number of nitrogens with one attached hydrogen (secondary N) is 2. The Morgan fingerprint density at radius 1 is 0.556 bits per heavy atom. The molecular formula is C42H58B2IN3O24. The molecule has 0 unspecified atom stereocenters. The van der Waals surface area contributed by atoms with Gasteiger partial charge >= 0.3 is 11.9 Å². The second-order valence-corrected chi connectivity index (χ2v) is 16.6. The van der Waals surface area contributed by atoms with Crippen molar-refractivity contribution >= 4 is 74.2 Å². The van der Waals surface area contributed by atoms with E-state index in [9.17, 15) is 69.6 Å². The van der Waals surface area contributed by atoms with Gasteiger partial charge in [-0.25, -0.2) is 9.59 Å². The molecule has 2 fully saturated rings. The van der Waals surface area contributed by atoms with Crippen molar-refractivity contribution in [3.05, 3.63) is 58.7 Å². The molecule has 0 spiro atoms. The number of hydrogen-bond donors (Lipinski definition) is 10. The molecule has 398 valence electrons. The van der Waals surface area contributed by atoms with Crippen LogP contribution in [0.1, 0.15) is 31.8 Å². The topological polar surface area (TPSA) is 384 Å². The highest BCUT2D eigenvalue weighted by Crippen LogP contribution is 2.30. The summed E-state index contributed by atoms with van der Waals surface area (Å²) in [6.45, 7) is 2.38. The van der Waals surface area contributed by atoms with E-state index in [1.807, 2.05) is 4.90 Å². The molecule has 4 rings (SSSR count). The third-order valence-electron chi connectivity index (χ3n) is 10.6. The van der Waals surface area contributed by atoms with Crippen LogP contribution in [0.4, 0.5) is 9.59 Å². The van der Waals surface area contributed by atoms with E-state index in [1.54, 1.807) is 23.0 Å². The zero-order chi connectivity index (χ0) is 52.9. The Morgan fingerprint density at radius 3 is 1.31 bits per heavy atom. The predicted molar refractivity (Wildman–Crippen MR) is 254 cm³/mol. The number of carbonyl (C=O) groups excluding carboxylic acids is 4. The monoisotopic (exact) mass is 1140 g/mol. The summed E-state index contributed by atoms with van der Waals surface area (Å²) in [6.07, 6.45) is -19.2. The van der Waals surface area contributed by atoms with Gasteiger partial charge in [0, 0.05) is 32.7 Å². The first-order valence-electron chi connectivity index (χ1n) is 22.3. The van der Waals surface area contributed by atoms with Crippen molar-refractivity contribution in [3.8, 4) is 11.5 Å². The SMILES string of the molecule is BC(=O)OCc1ccc(O[C@@H]2O[C@H](C(=O)O)[C@@H](O)[C@H](O)[C@H]2O)c(C(=O)NCCOCCN(CCOCCNC(=O)c2cc(COC(B)=O)ccc2O[C@@H]2O[C@H](C(=O)O)[C@@H](O)[C@H](O)[C@H]2O)CCOCCOI)c1. The number of nitrogens with zero attached hydrogens (tertiary/aromatic N) is 1. The minimum Gasteiger partial charge on any atom is -0.479 e. The molecule has 27 nitrogen and oxygen atoms in total. The summed E-state index contributed by atoms with van der Waals surface area (Å²) in [5.41, 5.74) is 0.496. The first-order chi connectivity index (χ1) is 34.3. The van der Waals surface area contributed by atoms with Crippen LogP contribution in [0.2, 0.25) is 0 Å². The van der Waals surface area contributed by atoms with Crippen LogP contribution in [0.5, 0.6) is 11.5 Å². The zero-order valence-corrected chi connectivity index (χ0v) is 41.2. The molecule has 2 aromatic rings. The summed E-state index contributed by atoms with van der Waals surface area (Å²) in [7, 11) is 2.40. The van der Waals surface area contributed by atoms with Gasteiger partial charge in [-0.1, -0.05) is 12.1 Å². The summed E-state index contributed by atoms with van der Waals surface area (Å²) in [6, 6.07) is 8.17. The summed E-state index contributed by atoms with van der Waals surface area (Å²) in [5.74, 6) is -6.21. The smallest absolute Gasteiger partial charge is 0.335 e. The van der Waals surface area contributed by atoms with Crippen LogP contribution in [-0.2, 0) is 59.0 Å². The fourth-order valence-corrected chi connectivity index (χ4v) is 6.97. The Balaban J connectivity index is 1.29. The molecule has 2 aliphatic heterocycles. The van der Waals surface area contributed by atoms with Crippen LogP contribution >= 0.6 is 23.0 Å². The van der Waals surface area contributed by atoms with Crippen molar-refractivity contribution in [1.29, 1.82) is 0 Å². The van der Waals surface area contributed by atoms with Crippen LogP contribution in [0, 0.1) is 0 Å². The van der Waals surface area contributed by atoms with Gasteiger partial charge in [-0.3, -0.25) is 24.1 Å². The minimum atomic E-state index is -1.97. The number of carboxylic acid groups (broad SMARTS) is 2. The second kappa shape index (κ2) is 30.4. The maximum absolute atomic E-state index is 13.4. The van der Waals surface area contributed by atoms with Crippen molar-refractivity contribution in [1.82, 2.24) is 15.5 Å². The molecule has 2 heterocycles. The Bertz CT molecular complexity index is 1980. The lowest BCUT2D eigenvalue weighted by Crippen LogP contribution is -2.61. The number of carboxylic acids is 2. The van der Waals surface area contributed by atoms with Gasteiger partial charge in [-0.15, -0.1) is 0 Å². The van der Waals surface area contributed by atoms with Gasteiger partial charge in [0.15, 0.2) is 12.2 Å². The molecular weight excluding hydrogens is 1080 g/mol. The number of amides is 2. The first kappa shape index (κ1) is 59.8. The highest BCUT2D eigenvalue weighted by atomic mass is 127. The first-order valence-corrected chi connectivity index (χ1v) is 23.2. The fourth-order valence-electron chi connectivity index (χ4n) is 6.79. The van der Waals surface area contributed by atoms with Crippen LogP contribution in [0.3, 0.4) is 0 Å². The molecule has 2 aromatic carbocycles. The largest absolute Gasteiger partial charge is 0.479 e. The lowest BCUT2D eigenvalue weighted by Gasteiger charge is -2.38. The van der Waals surface area contributed by atoms with Gasteiger partial charge in [0.05, 0.1) is 57.4 Å². The molecule has 30 heteroatoms. The molecule has 2 amide bonds. The van der Waals surface area contributed by atoms with E-state index in [-0.39, 0.29) is 75.4 Å². The number of halogens is 1. The molecule has 10 atom stereocenters. The maximum atomic E-state index is 13.4. The normalized spacial score (nSPS) is 23.9. The summed E-state index contributed by atoms with van der Waals surface area (Å²) < 4.78 is 54.0. The third-order valence-corrected chi connectivity index (χ3v) is 11.0. The van der Waals surface area contributed by atoms with Gasteiger partial charge in [-0.2, -0.15) is 0 Å². The van der Waals surface area contributed by atoms with E-state index in [0.717, 1.165) is 0 Å². The third kappa shape index (κ3) is 18.6. The number of benzene rings is 2. The Kier molecular flexibility index (Phi) is 25.2. The predicted octanol–water partition coefficient (Wildman–Crippen LogP) is -4.35. The Labute approximate surface area is 427 Å². The highest BCUT2D eigenvalue weighted by molar-refractivity contribution is 14.1. The molecule has 0 aromatic heterocycles. The Morgan fingerprint density at radius 2 is 0.944 bits per heavy atom. The van der Waals surface area contributed by atoms with Crippen molar-refractivity contribution in [2.24, 2.45) is 0 Å². The standard InChI is InChI=1S/C42H58B2IN3O24/c43-41(61)66-19-21-1-3-25(69-39-31(53)27(49)29(51)33(71-39)37(57)58)23(17-21)35(55)46-5-10-63-12-7-48(9-14-65-15-16-68-45)8-13-64-11-6-47-36(56)24-18-22(20-67-42(44)62)2-4-26(24)70-40-32(54)28(50)30(52)34(72-40)38(59)60/h1-4,17-18,27-34,39-40,49-54H,5-16,19-20,43-44H2,(H,46,55)(H,47,56)(H,57,58)(H,59,60)/t27-,28-,29-,30-,31+,32+,33-,34-,39+,40+/m0/s1. The van der Waals surface area contributed by atoms with E-state index < -0.39 is 96.9 Å². The average Bonchev–Trinajstić information content (AvgIpc) is 3.34. The molecule has 0 aliphatic carbocycles. The van der Waals surface area contributed by atoms with Gasteiger partial charge in [0.25, 0.3) is 11.8 Å². The van der Waals surface area contributed by atoms with Crippen LogP contribution in [0.25, 0.3) is 0 Å². The zero-order valence-electron chi connectivity index (χ0n) is 39.1. The fraction of sp³-hybridized carbons (Fsp3) is 0.571. The number of aliphatic carboxylic acids is 2. The van der Waals surface area contributed by atoms with E-state index >= 15 is 0 Å². The molecule has 2 saturated heterocycles. The van der Waals surface area contributed by atoms with Gasteiger partial charge in [0.2, 0.25) is 40.0 Å². The number of ether oxygens (including phenoxy) is 9. The van der Waals surface area contributed by atoms with E-state index in [4.69, 9.17) is 45.7 Å². The van der Waals surface area contributed by atoms with Crippen LogP contribution in [0.15, 0.2) is 36.4 Å². The molecule has 0 saturated carbocycles. The van der Waals surface area contributed by atoms with Gasteiger partial charge in [-0.05, 0) is 35.4 Å². The van der Waals surface area contributed by atoms with Crippen molar-refractivity contribution in [2.45, 2.75) is 74.6 Å². The molecule has 0 bridgehead atoms. The average molecular weight is 1140 g/mol. The van der Waals surface area contributed by atoms with E-state index in [2.05, 4.69) is 10.6 Å². The molecule has 72 heavy (non-hydrogen) atoms. The quantitative estimate of drug-likeness (QED) is 0.0201. The summed E-state index contributed by atoms with van der Waals surface area (Å²) >= 11 is 1.76. The summed E-state index contributed by atoms with van der Waals surface area (Å²) in [4.78, 5) is 74.9. The number of carbonyl (C=O) groups is 6. The van der Waals surface area contributed by atoms with Crippen molar-refractivity contribution in [3.63, 3.8) is 0 Å². The molecule has 0 radical (unpaired) electrons. The lowest BCUT2D eigenvalue weighted by atomic mass is 9.99. The lowest BCUT2D eigenvalue weighted by molar-refractivity contribution is -0.271. The van der Waals surface area contributed by atoms with Crippen molar-refractivity contribution in [2.75, 3.05) is 79.0 Å². The van der Waals surface area contributed by atoms with Gasteiger partial charge in [0.1, 0.15) is 84.3 Å². The molecule has 2 aliphatic rings. The highest BCUT2D eigenvalue weighted by Gasteiger charge is 2.49. The number of rotatable bonds is 30. The number of hydrogen-bond acceptors (Lipinski definition) is 23. The second-order valence-electron chi connectivity index (χ2n) is 15.9. The van der Waals surface area contributed by atoms with Crippen molar-refractivity contribution < 1.29 is 115 Å². The van der Waals surface area contributed by atoms with E-state index in [0.29, 0.717) is 50.6 Å². The molecule has 10 N–H and O–H groups in total. The number of aliphatic hydroxyl groups excluding tert-OH is 6. The maximum Gasteiger partial charge on any atom is 0.335 e. The van der Waals surface area contributed by atoms with Crippen LogP contribution in [-0.4, -0.2) is 237 Å². The van der Waals surface area contributed by atoms with Gasteiger partial charge < -0.3 is 97.2 Å². The summed E-state index contributed by atoms with van der Waals surface area (Å²) in [5, 5.41) is 85.7.